The van der Waals surface area contributed by atoms with Crippen LogP contribution in [0.25, 0.3) is 11.0 Å². The number of hydrogen-bond acceptors (Lipinski definition) is 4. The third kappa shape index (κ3) is 2.07. The van der Waals surface area contributed by atoms with Gasteiger partial charge in [-0.25, -0.2) is 13.4 Å². The van der Waals surface area contributed by atoms with Gasteiger partial charge in [-0.3, -0.25) is 4.90 Å². The van der Waals surface area contributed by atoms with Crippen molar-refractivity contribution in [2.75, 3.05) is 26.2 Å². The maximum Gasteiger partial charge on any atom is 0.245 e. The third-order valence-corrected chi connectivity index (χ3v) is 6.49. The SMILES string of the molecule is O=S(=O)(c1c[nH]c2ncccc12)N1CCN2CCC[C@H]2C1. The summed E-state index contributed by atoms with van der Waals surface area (Å²) in [6, 6.07) is 3.96. The molecule has 2 aromatic rings. The van der Waals surface area contributed by atoms with Gasteiger partial charge in [0.25, 0.3) is 0 Å². The van der Waals surface area contributed by atoms with Crippen LogP contribution in [0.4, 0.5) is 0 Å². The van der Waals surface area contributed by atoms with E-state index in [1.165, 1.54) is 6.42 Å². The molecule has 0 radical (unpaired) electrons. The summed E-state index contributed by atoms with van der Waals surface area (Å²) >= 11 is 0. The maximum atomic E-state index is 12.9. The Kier molecular flexibility index (Phi) is 3.02. The van der Waals surface area contributed by atoms with E-state index in [4.69, 9.17) is 0 Å². The van der Waals surface area contributed by atoms with Crippen LogP contribution in [0.2, 0.25) is 0 Å². The Labute approximate surface area is 123 Å². The molecule has 2 aromatic heterocycles. The molecule has 6 nitrogen and oxygen atoms in total. The van der Waals surface area contributed by atoms with Gasteiger partial charge in [0.05, 0.1) is 0 Å². The summed E-state index contributed by atoms with van der Waals surface area (Å²) in [7, 11) is -3.45. The molecule has 0 aromatic carbocycles. The second kappa shape index (κ2) is 4.79. The van der Waals surface area contributed by atoms with E-state index in [0.717, 1.165) is 19.5 Å². The highest BCUT2D eigenvalue weighted by Crippen LogP contribution is 2.28. The standard InChI is InChI=1S/C14H18N4O2S/c19-21(20,13-9-16-14-12(13)4-1-5-15-14)18-8-7-17-6-2-3-11(17)10-18/h1,4-5,9,11H,2-3,6-8,10H2,(H,15,16)/t11-/m0/s1. The minimum atomic E-state index is -3.45. The van der Waals surface area contributed by atoms with Gasteiger partial charge < -0.3 is 4.98 Å². The van der Waals surface area contributed by atoms with Gasteiger partial charge in [0.2, 0.25) is 10.0 Å². The number of sulfonamides is 1. The quantitative estimate of drug-likeness (QED) is 0.900. The molecular formula is C14H18N4O2S. The van der Waals surface area contributed by atoms with Crippen molar-refractivity contribution in [3.05, 3.63) is 24.5 Å². The zero-order chi connectivity index (χ0) is 14.4. The molecule has 4 rings (SSSR count). The molecule has 1 N–H and O–H groups in total. The first-order valence-electron chi connectivity index (χ1n) is 7.32. The first kappa shape index (κ1) is 13.2. The molecule has 7 heteroatoms. The zero-order valence-corrected chi connectivity index (χ0v) is 12.5. The van der Waals surface area contributed by atoms with Crippen molar-refractivity contribution in [3.63, 3.8) is 0 Å². The van der Waals surface area contributed by atoms with Crippen LogP contribution in [-0.4, -0.2) is 59.8 Å². The molecule has 0 amide bonds. The third-order valence-electron chi connectivity index (χ3n) is 4.58. The van der Waals surface area contributed by atoms with Crippen molar-refractivity contribution in [1.29, 1.82) is 0 Å². The summed E-state index contributed by atoms with van der Waals surface area (Å²) in [6.07, 6.45) is 5.50. The van der Waals surface area contributed by atoms with Crippen molar-refractivity contribution in [2.24, 2.45) is 0 Å². The van der Waals surface area contributed by atoms with Gasteiger partial charge in [-0.05, 0) is 31.5 Å². The Balaban J connectivity index is 1.70. The average Bonchev–Trinajstić information content (AvgIpc) is 3.13. The van der Waals surface area contributed by atoms with Gasteiger partial charge in [-0.1, -0.05) is 0 Å². The van der Waals surface area contributed by atoms with Crippen molar-refractivity contribution in [1.82, 2.24) is 19.2 Å². The van der Waals surface area contributed by atoms with Gasteiger partial charge in [-0.15, -0.1) is 0 Å². The number of hydrogen-bond donors (Lipinski definition) is 1. The van der Waals surface area contributed by atoms with Crippen LogP contribution in [0.1, 0.15) is 12.8 Å². The fraction of sp³-hybridized carbons (Fsp3) is 0.500. The Bertz CT molecular complexity index is 770. The van der Waals surface area contributed by atoms with Crippen LogP contribution in [-0.2, 0) is 10.0 Å². The molecule has 0 unspecified atom stereocenters. The van der Waals surface area contributed by atoms with Crippen molar-refractivity contribution >= 4 is 21.1 Å². The highest BCUT2D eigenvalue weighted by Gasteiger charge is 2.37. The minimum Gasteiger partial charge on any atom is -0.345 e. The maximum absolute atomic E-state index is 12.9. The Hall–Kier alpha value is -1.44. The summed E-state index contributed by atoms with van der Waals surface area (Å²) in [6.45, 7) is 3.13. The van der Waals surface area contributed by atoms with Crippen LogP contribution in [0.3, 0.4) is 0 Å². The molecule has 0 spiro atoms. The second-order valence-electron chi connectivity index (χ2n) is 5.75. The molecular weight excluding hydrogens is 288 g/mol. The average molecular weight is 306 g/mol. The molecule has 2 aliphatic rings. The Morgan fingerprint density at radius 2 is 2.19 bits per heavy atom. The lowest BCUT2D eigenvalue weighted by molar-refractivity contribution is 0.158. The molecule has 0 bridgehead atoms. The number of aromatic amines is 1. The van der Waals surface area contributed by atoms with E-state index in [9.17, 15) is 8.42 Å². The molecule has 0 aliphatic carbocycles. The summed E-state index contributed by atoms with van der Waals surface area (Å²) in [5, 5.41) is 0.673. The van der Waals surface area contributed by atoms with E-state index in [-0.39, 0.29) is 0 Å². The van der Waals surface area contributed by atoms with Crippen LogP contribution < -0.4 is 0 Å². The number of piperazine rings is 1. The predicted molar refractivity (Wildman–Crippen MR) is 79.4 cm³/mol. The summed E-state index contributed by atoms with van der Waals surface area (Å²) in [5.41, 5.74) is 0.621. The first-order chi connectivity index (χ1) is 10.2. The zero-order valence-electron chi connectivity index (χ0n) is 11.7. The van der Waals surface area contributed by atoms with Crippen LogP contribution in [0, 0.1) is 0 Å². The van der Waals surface area contributed by atoms with Crippen molar-refractivity contribution in [3.8, 4) is 0 Å². The summed E-state index contributed by atoms with van der Waals surface area (Å²) in [4.78, 5) is 9.87. The lowest BCUT2D eigenvalue weighted by Gasteiger charge is -2.36. The van der Waals surface area contributed by atoms with Gasteiger partial charge >= 0.3 is 0 Å². The van der Waals surface area contributed by atoms with Gasteiger partial charge in [-0.2, -0.15) is 4.31 Å². The van der Waals surface area contributed by atoms with E-state index in [1.807, 2.05) is 0 Å². The topological polar surface area (TPSA) is 69.3 Å². The molecule has 2 aliphatic heterocycles. The number of H-pyrrole nitrogens is 1. The molecule has 2 fully saturated rings. The Morgan fingerprint density at radius 1 is 1.29 bits per heavy atom. The largest absolute Gasteiger partial charge is 0.345 e. The molecule has 0 saturated carbocycles. The number of rotatable bonds is 2. The normalized spacial score (nSPS) is 24.5. The van der Waals surface area contributed by atoms with E-state index in [0.29, 0.717) is 35.1 Å². The molecule has 1 atom stereocenters. The van der Waals surface area contributed by atoms with Crippen LogP contribution >= 0.6 is 0 Å². The lowest BCUT2D eigenvalue weighted by Crippen LogP contribution is -2.51. The minimum absolute atomic E-state index is 0.344. The smallest absolute Gasteiger partial charge is 0.245 e. The van der Waals surface area contributed by atoms with Gasteiger partial charge in [0.15, 0.2) is 0 Å². The second-order valence-corrected chi connectivity index (χ2v) is 7.65. The van der Waals surface area contributed by atoms with E-state index >= 15 is 0 Å². The van der Waals surface area contributed by atoms with Gasteiger partial charge in [0, 0.05) is 43.5 Å². The summed E-state index contributed by atoms with van der Waals surface area (Å²) in [5.74, 6) is 0. The number of pyridine rings is 1. The monoisotopic (exact) mass is 306 g/mol. The number of fused-ring (bicyclic) bond motifs is 2. The fourth-order valence-corrected chi connectivity index (χ4v) is 5.08. The van der Waals surface area contributed by atoms with Gasteiger partial charge in [0.1, 0.15) is 10.5 Å². The van der Waals surface area contributed by atoms with E-state index in [2.05, 4.69) is 14.9 Å². The van der Waals surface area contributed by atoms with Crippen molar-refractivity contribution in [2.45, 2.75) is 23.8 Å². The number of nitrogens with zero attached hydrogens (tertiary/aromatic N) is 3. The van der Waals surface area contributed by atoms with E-state index < -0.39 is 10.0 Å². The van der Waals surface area contributed by atoms with Crippen LogP contribution in [0.15, 0.2) is 29.4 Å². The highest BCUT2D eigenvalue weighted by molar-refractivity contribution is 7.89. The number of nitrogens with one attached hydrogen (secondary N) is 1. The first-order valence-corrected chi connectivity index (χ1v) is 8.76. The highest BCUT2D eigenvalue weighted by atomic mass is 32.2. The van der Waals surface area contributed by atoms with Crippen LogP contribution in [0.5, 0.6) is 0 Å². The predicted octanol–water partition coefficient (Wildman–Crippen LogP) is 1.03. The molecule has 2 saturated heterocycles. The summed E-state index contributed by atoms with van der Waals surface area (Å²) < 4.78 is 27.5. The molecule has 112 valence electrons. The fourth-order valence-electron chi connectivity index (χ4n) is 3.46. The lowest BCUT2D eigenvalue weighted by atomic mass is 10.2. The molecule has 21 heavy (non-hydrogen) atoms. The van der Waals surface area contributed by atoms with E-state index in [1.54, 1.807) is 28.8 Å². The Morgan fingerprint density at radius 3 is 3.10 bits per heavy atom. The molecule has 4 heterocycles. The number of aromatic nitrogens is 2. The van der Waals surface area contributed by atoms with Crippen molar-refractivity contribution < 1.29 is 8.42 Å².